The van der Waals surface area contributed by atoms with E-state index in [1.807, 2.05) is 12.1 Å². The van der Waals surface area contributed by atoms with Crippen molar-refractivity contribution in [1.82, 2.24) is 5.32 Å². The number of hydrogen-bond donors (Lipinski definition) is 1. The first-order valence-corrected chi connectivity index (χ1v) is 6.65. The molecular weight excluding hydrogens is 237 g/mol. The Labute approximate surface area is 114 Å². The van der Waals surface area contributed by atoms with Crippen molar-refractivity contribution in [2.24, 2.45) is 0 Å². The number of rotatable bonds is 4. The number of halogens is 1. The summed E-state index contributed by atoms with van der Waals surface area (Å²) >= 11 is 0. The molecule has 0 aliphatic rings. The number of aryl methyl sites for hydroxylation is 1. The fraction of sp³-hybridized carbons (Fsp3) is 0.294. The van der Waals surface area contributed by atoms with Gasteiger partial charge in [-0.3, -0.25) is 0 Å². The zero-order chi connectivity index (χ0) is 13.8. The Hall–Kier alpha value is -1.67. The van der Waals surface area contributed by atoms with Crippen LogP contribution in [-0.4, -0.2) is 6.04 Å². The second kappa shape index (κ2) is 5.98. The van der Waals surface area contributed by atoms with Crippen LogP contribution in [0.25, 0.3) is 11.1 Å². The van der Waals surface area contributed by atoms with Gasteiger partial charge in [-0.15, -0.1) is 0 Å². The molecule has 0 unspecified atom stereocenters. The van der Waals surface area contributed by atoms with Crippen LogP contribution in [0.2, 0.25) is 0 Å². The van der Waals surface area contributed by atoms with E-state index in [1.54, 1.807) is 6.92 Å². The van der Waals surface area contributed by atoms with Crippen LogP contribution in [-0.2, 0) is 6.54 Å². The molecule has 0 bridgehead atoms. The van der Waals surface area contributed by atoms with Gasteiger partial charge in [0.1, 0.15) is 5.82 Å². The molecule has 1 N–H and O–H groups in total. The van der Waals surface area contributed by atoms with Gasteiger partial charge in [0.25, 0.3) is 0 Å². The fourth-order valence-electron chi connectivity index (χ4n) is 1.96. The van der Waals surface area contributed by atoms with Gasteiger partial charge >= 0.3 is 0 Å². The summed E-state index contributed by atoms with van der Waals surface area (Å²) in [5.41, 5.74) is 4.12. The normalized spacial score (nSPS) is 11.0. The molecule has 0 amide bonds. The van der Waals surface area contributed by atoms with Gasteiger partial charge in [-0.2, -0.15) is 0 Å². The predicted molar refractivity (Wildman–Crippen MR) is 78.5 cm³/mol. The summed E-state index contributed by atoms with van der Waals surface area (Å²) in [7, 11) is 0. The minimum Gasteiger partial charge on any atom is -0.310 e. The lowest BCUT2D eigenvalue weighted by Gasteiger charge is -2.09. The highest BCUT2D eigenvalue weighted by atomic mass is 19.1. The quantitative estimate of drug-likeness (QED) is 0.861. The minimum absolute atomic E-state index is 0.151. The van der Waals surface area contributed by atoms with Gasteiger partial charge in [0.05, 0.1) is 0 Å². The van der Waals surface area contributed by atoms with Crippen LogP contribution in [0.3, 0.4) is 0 Å². The van der Waals surface area contributed by atoms with E-state index in [2.05, 4.69) is 43.4 Å². The van der Waals surface area contributed by atoms with E-state index in [4.69, 9.17) is 0 Å². The topological polar surface area (TPSA) is 12.0 Å². The highest BCUT2D eigenvalue weighted by molar-refractivity contribution is 5.64. The maximum Gasteiger partial charge on any atom is 0.126 e. The van der Waals surface area contributed by atoms with Gasteiger partial charge in [-0.25, -0.2) is 4.39 Å². The Morgan fingerprint density at radius 1 is 1.00 bits per heavy atom. The molecule has 0 saturated carbocycles. The molecule has 0 radical (unpaired) electrons. The second-order valence-electron chi connectivity index (χ2n) is 5.20. The van der Waals surface area contributed by atoms with E-state index in [0.717, 1.165) is 17.7 Å². The van der Waals surface area contributed by atoms with Gasteiger partial charge in [-0.1, -0.05) is 44.2 Å². The molecule has 1 nitrogen and oxygen atoms in total. The van der Waals surface area contributed by atoms with E-state index >= 15 is 0 Å². The molecule has 0 heterocycles. The first-order chi connectivity index (χ1) is 9.06. The van der Waals surface area contributed by atoms with Crippen LogP contribution in [0.1, 0.15) is 25.0 Å². The number of hydrogen-bond acceptors (Lipinski definition) is 1. The lowest BCUT2D eigenvalue weighted by atomic mass is 10.0. The van der Waals surface area contributed by atoms with Crippen LogP contribution in [0.4, 0.5) is 4.39 Å². The number of nitrogens with one attached hydrogen (secondary N) is 1. The summed E-state index contributed by atoms with van der Waals surface area (Å²) in [6.07, 6.45) is 0. The second-order valence-corrected chi connectivity index (χ2v) is 5.20. The summed E-state index contributed by atoms with van der Waals surface area (Å²) in [5.74, 6) is -0.151. The van der Waals surface area contributed by atoms with Crippen molar-refractivity contribution < 1.29 is 4.39 Å². The third kappa shape index (κ3) is 3.65. The first-order valence-electron chi connectivity index (χ1n) is 6.65. The Morgan fingerprint density at radius 2 is 1.63 bits per heavy atom. The summed E-state index contributed by atoms with van der Waals surface area (Å²) in [6, 6.07) is 14.1. The average molecular weight is 257 g/mol. The van der Waals surface area contributed by atoms with Crippen molar-refractivity contribution in [2.75, 3.05) is 0 Å². The summed E-state index contributed by atoms with van der Waals surface area (Å²) in [6.45, 7) is 6.94. The molecule has 2 aromatic carbocycles. The Balaban J connectivity index is 2.15. The zero-order valence-electron chi connectivity index (χ0n) is 11.7. The van der Waals surface area contributed by atoms with E-state index in [1.165, 1.54) is 11.6 Å². The van der Waals surface area contributed by atoms with Gasteiger partial charge in [0.2, 0.25) is 0 Å². The highest BCUT2D eigenvalue weighted by Crippen LogP contribution is 2.22. The van der Waals surface area contributed by atoms with Crippen LogP contribution in [0.5, 0.6) is 0 Å². The zero-order valence-corrected chi connectivity index (χ0v) is 11.7. The molecule has 2 rings (SSSR count). The molecule has 19 heavy (non-hydrogen) atoms. The van der Waals surface area contributed by atoms with Crippen LogP contribution >= 0.6 is 0 Å². The van der Waals surface area contributed by atoms with Gasteiger partial charge < -0.3 is 5.32 Å². The van der Waals surface area contributed by atoms with Crippen molar-refractivity contribution in [3.05, 3.63) is 59.4 Å². The number of benzene rings is 2. The van der Waals surface area contributed by atoms with Crippen LogP contribution < -0.4 is 5.32 Å². The summed E-state index contributed by atoms with van der Waals surface area (Å²) < 4.78 is 13.2. The van der Waals surface area contributed by atoms with Crippen molar-refractivity contribution in [3.8, 4) is 11.1 Å². The lowest BCUT2D eigenvalue weighted by Crippen LogP contribution is -2.21. The fourth-order valence-corrected chi connectivity index (χ4v) is 1.96. The smallest absolute Gasteiger partial charge is 0.126 e. The van der Waals surface area contributed by atoms with Gasteiger partial charge in [0, 0.05) is 12.6 Å². The molecule has 2 aromatic rings. The van der Waals surface area contributed by atoms with E-state index in [0.29, 0.717) is 11.6 Å². The van der Waals surface area contributed by atoms with Gasteiger partial charge in [-0.05, 0) is 41.3 Å². The van der Waals surface area contributed by atoms with Crippen molar-refractivity contribution in [1.29, 1.82) is 0 Å². The molecule has 2 heteroatoms. The summed E-state index contributed by atoms with van der Waals surface area (Å²) in [4.78, 5) is 0. The van der Waals surface area contributed by atoms with E-state index in [9.17, 15) is 4.39 Å². The highest BCUT2D eigenvalue weighted by Gasteiger charge is 2.02. The van der Waals surface area contributed by atoms with Crippen LogP contribution in [0, 0.1) is 12.7 Å². The largest absolute Gasteiger partial charge is 0.310 e. The van der Waals surface area contributed by atoms with Crippen molar-refractivity contribution >= 4 is 0 Å². The molecule has 0 spiro atoms. The molecule has 0 saturated heterocycles. The molecule has 100 valence electrons. The summed E-state index contributed by atoms with van der Waals surface area (Å²) in [5, 5.41) is 3.39. The van der Waals surface area contributed by atoms with E-state index in [-0.39, 0.29) is 5.82 Å². The van der Waals surface area contributed by atoms with Crippen molar-refractivity contribution in [2.45, 2.75) is 33.4 Å². The molecule has 0 aliphatic heterocycles. The lowest BCUT2D eigenvalue weighted by molar-refractivity contribution is 0.589. The van der Waals surface area contributed by atoms with Crippen LogP contribution in [0.15, 0.2) is 42.5 Å². The maximum absolute atomic E-state index is 13.2. The van der Waals surface area contributed by atoms with Crippen molar-refractivity contribution in [3.63, 3.8) is 0 Å². The molecule has 0 aromatic heterocycles. The third-order valence-corrected chi connectivity index (χ3v) is 3.16. The van der Waals surface area contributed by atoms with Gasteiger partial charge in [0.15, 0.2) is 0 Å². The third-order valence-electron chi connectivity index (χ3n) is 3.16. The Kier molecular flexibility index (Phi) is 4.33. The maximum atomic E-state index is 13.2. The monoisotopic (exact) mass is 257 g/mol. The Morgan fingerprint density at radius 3 is 2.21 bits per heavy atom. The molecular formula is C17H20FN. The average Bonchev–Trinajstić information content (AvgIpc) is 2.40. The SMILES string of the molecule is Cc1cc(-c2ccc(CNC(C)C)cc2)ccc1F. The Bertz CT molecular complexity index is 544. The molecule has 0 fully saturated rings. The van der Waals surface area contributed by atoms with E-state index < -0.39 is 0 Å². The molecule has 0 atom stereocenters. The minimum atomic E-state index is -0.151. The standard InChI is InChI=1S/C17H20FN/c1-12(2)19-11-14-4-6-15(7-5-14)16-8-9-17(18)13(3)10-16/h4-10,12,19H,11H2,1-3H3. The first kappa shape index (κ1) is 13.8. The molecule has 0 aliphatic carbocycles. The predicted octanol–water partition coefficient (Wildman–Crippen LogP) is 4.30.